The summed E-state index contributed by atoms with van der Waals surface area (Å²) < 4.78 is 1.96. The van der Waals surface area contributed by atoms with Crippen LogP contribution in [0.1, 0.15) is 68.7 Å². The molecule has 2 aliphatic rings. The second-order valence-electron chi connectivity index (χ2n) is 8.56. The first kappa shape index (κ1) is 19.4. The number of hydrogen-bond donors (Lipinski definition) is 1. The molecule has 1 amide bonds. The van der Waals surface area contributed by atoms with Crippen LogP contribution in [0.2, 0.25) is 0 Å². The SMILES string of the molecule is CN(C)Cc1cc([C@@H]2CCCN(C(=O)CC3(O)CCCCC3)C2)nn1C. The minimum absolute atomic E-state index is 0.114. The van der Waals surface area contributed by atoms with Crippen molar-refractivity contribution in [3.63, 3.8) is 0 Å². The van der Waals surface area contributed by atoms with Gasteiger partial charge in [0.05, 0.1) is 23.4 Å². The third kappa shape index (κ3) is 4.65. The molecule has 0 radical (unpaired) electrons. The average Bonchev–Trinajstić information content (AvgIpc) is 2.95. The zero-order valence-corrected chi connectivity index (χ0v) is 16.6. The summed E-state index contributed by atoms with van der Waals surface area (Å²) in [5.41, 5.74) is 1.52. The number of aromatic nitrogens is 2. The van der Waals surface area contributed by atoms with Crippen LogP contribution in [0.4, 0.5) is 0 Å². The van der Waals surface area contributed by atoms with Crippen LogP contribution in [-0.4, -0.2) is 63.4 Å². The van der Waals surface area contributed by atoms with Crippen molar-refractivity contribution in [2.75, 3.05) is 27.2 Å². The first-order valence-electron chi connectivity index (χ1n) is 10.0. The summed E-state index contributed by atoms with van der Waals surface area (Å²) in [5, 5.41) is 15.4. The maximum atomic E-state index is 12.8. The molecule has 1 N–H and O–H groups in total. The van der Waals surface area contributed by atoms with Crippen LogP contribution in [0, 0.1) is 0 Å². The fraction of sp³-hybridized carbons (Fsp3) is 0.800. The van der Waals surface area contributed by atoms with Crippen LogP contribution >= 0.6 is 0 Å². The fourth-order valence-electron chi connectivity index (χ4n) is 4.43. The molecular formula is C20H34N4O2. The van der Waals surface area contributed by atoms with Gasteiger partial charge in [0, 0.05) is 32.6 Å². The van der Waals surface area contributed by atoms with Gasteiger partial charge in [-0.25, -0.2) is 0 Å². The number of aliphatic hydroxyl groups is 1. The highest BCUT2D eigenvalue weighted by atomic mass is 16.3. The first-order valence-corrected chi connectivity index (χ1v) is 10.0. The molecule has 1 saturated carbocycles. The number of likely N-dealkylation sites (tertiary alicyclic amines) is 1. The zero-order chi connectivity index (χ0) is 18.7. The number of carbonyl (C=O) groups is 1. The van der Waals surface area contributed by atoms with Crippen LogP contribution in [0.15, 0.2) is 6.07 Å². The second-order valence-corrected chi connectivity index (χ2v) is 8.56. The Hall–Kier alpha value is -1.40. The van der Waals surface area contributed by atoms with Crippen molar-refractivity contribution in [3.8, 4) is 0 Å². The summed E-state index contributed by atoms with van der Waals surface area (Å²) in [6.07, 6.45) is 7.16. The highest BCUT2D eigenvalue weighted by Gasteiger charge is 2.35. The molecule has 146 valence electrons. The van der Waals surface area contributed by atoms with Crippen LogP contribution < -0.4 is 0 Å². The molecule has 1 aliphatic heterocycles. The molecule has 1 saturated heterocycles. The molecule has 6 heteroatoms. The van der Waals surface area contributed by atoms with E-state index in [0.29, 0.717) is 5.92 Å². The molecular weight excluding hydrogens is 328 g/mol. The summed E-state index contributed by atoms with van der Waals surface area (Å²) in [5.74, 6) is 0.416. The van der Waals surface area contributed by atoms with Gasteiger partial charge in [-0.2, -0.15) is 5.10 Å². The normalized spacial score (nSPS) is 23.4. The number of hydrogen-bond acceptors (Lipinski definition) is 4. The van der Waals surface area contributed by atoms with E-state index in [1.807, 2.05) is 16.6 Å². The number of rotatable bonds is 5. The monoisotopic (exact) mass is 362 g/mol. The summed E-state index contributed by atoms with van der Waals surface area (Å²) in [6, 6.07) is 2.19. The maximum absolute atomic E-state index is 12.8. The Balaban J connectivity index is 1.62. The molecule has 26 heavy (non-hydrogen) atoms. The number of nitrogens with zero attached hydrogens (tertiary/aromatic N) is 4. The quantitative estimate of drug-likeness (QED) is 0.873. The van der Waals surface area contributed by atoms with Crippen LogP contribution in [-0.2, 0) is 18.4 Å². The largest absolute Gasteiger partial charge is 0.389 e. The zero-order valence-electron chi connectivity index (χ0n) is 16.6. The molecule has 2 heterocycles. The first-order chi connectivity index (χ1) is 12.4. The Morgan fingerprint density at radius 1 is 1.31 bits per heavy atom. The predicted molar refractivity (Wildman–Crippen MR) is 102 cm³/mol. The van der Waals surface area contributed by atoms with Gasteiger partial charge in [0.2, 0.25) is 5.91 Å². The minimum atomic E-state index is -0.772. The number of carbonyl (C=O) groups excluding carboxylic acids is 1. The van der Waals surface area contributed by atoms with Gasteiger partial charge >= 0.3 is 0 Å². The molecule has 3 rings (SSSR count). The molecule has 6 nitrogen and oxygen atoms in total. The predicted octanol–water partition coefficient (Wildman–Crippen LogP) is 2.27. The third-order valence-electron chi connectivity index (χ3n) is 5.93. The van der Waals surface area contributed by atoms with Gasteiger partial charge in [-0.1, -0.05) is 19.3 Å². The Morgan fingerprint density at radius 3 is 2.73 bits per heavy atom. The molecule has 1 aromatic heterocycles. The van der Waals surface area contributed by atoms with Gasteiger partial charge in [-0.05, 0) is 45.8 Å². The van der Waals surface area contributed by atoms with E-state index >= 15 is 0 Å². The van der Waals surface area contributed by atoms with Gasteiger partial charge in [0.1, 0.15) is 0 Å². The van der Waals surface area contributed by atoms with Gasteiger partial charge in [-0.3, -0.25) is 9.48 Å². The van der Waals surface area contributed by atoms with Crippen molar-refractivity contribution in [2.45, 2.75) is 69.4 Å². The molecule has 0 spiro atoms. The van der Waals surface area contributed by atoms with E-state index in [2.05, 4.69) is 25.1 Å². The van der Waals surface area contributed by atoms with Gasteiger partial charge in [0.15, 0.2) is 0 Å². The number of piperidine rings is 1. The lowest BCUT2D eigenvalue weighted by Crippen LogP contribution is -2.44. The summed E-state index contributed by atoms with van der Waals surface area (Å²) in [4.78, 5) is 16.9. The summed E-state index contributed by atoms with van der Waals surface area (Å²) in [6.45, 7) is 2.40. The summed E-state index contributed by atoms with van der Waals surface area (Å²) >= 11 is 0. The molecule has 2 fully saturated rings. The molecule has 1 aromatic rings. The second kappa shape index (κ2) is 8.09. The van der Waals surface area contributed by atoms with Crippen molar-refractivity contribution in [3.05, 3.63) is 17.5 Å². The molecule has 0 unspecified atom stereocenters. The lowest BCUT2D eigenvalue weighted by atomic mass is 9.82. The third-order valence-corrected chi connectivity index (χ3v) is 5.93. The van der Waals surface area contributed by atoms with Gasteiger partial charge in [-0.15, -0.1) is 0 Å². The van der Waals surface area contributed by atoms with Crippen LogP contribution in [0.3, 0.4) is 0 Å². The van der Waals surface area contributed by atoms with E-state index in [-0.39, 0.29) is 12.3 Å². The van der Waals surface area contributed by atoms with Crippen molar-refractivity contribution in [2.24, 2.45) is 7.05 Å². The highest BCUT2D eigenvalue weighted by Crippen LogP contribution is 2.33. The smallest absolute Gasteiger partial charge is 0.225 e. The minimum Gasteiger partial charge on any atom is -0.389 e. The van der Waals surface area contributed by atoms with Crippen molar-refractivity contribution < 1.29 is 9.90 Å². The molecule has 0 bridgehead atoms. The van der Waals surface area contributed by atoms with Crippen LogP contribution in [0.5, 0.6) is 0 Å². The average molecular weight is 363 g/mol. The van der Waals surface area contributed by atoms with Crippen molar-refractivity contribution in [1.82, 2.24) is 19.6 Å². The van der Waals surface area contributed by atoms with Crippen molar-refractivity contribution in [1.29, 1.82) is 0 Å². The van der Waals surface area contributed by atoms with E-state index in [4.69, 9.17) is 5.10 Å². The molecule has 1 atom stereocenters. The Bertz CT molecular complexity index is 619. The van der Waals surface area contributed by atoms with E-state index in [1.54, 1.807) is 0 Å². The Labute approximate surface area is 157 Å². The topological polar surface area (TPSA) is 61.6 Å². The lowest BCUT2D eigenvalue weighted by Gasteiger charge is -2.36. The fourth-order valence-corrected chi connectivity index (χ4v) is 4.43. The molecule has 0 aromatic carbocycles. The maximum Gasteiger partial charge on any atom is 0.225 e. The number of amides is 1. The van der Waals surface area contributed by atoms with Crippen LogP contribution in [0.25, 0.3) is 0 Å². The Morgan fingerprint density at radius 2 is 2.04 bits per heavy atom. The lowest BCUT2D eigenvalue weighted by molar-refractivity contribution is -0.139. The summed E-state index contributed by atoms with van der Waals surface area (Å²) in [7, 11) is 6.11. The standard InChI is InChI=1S/C20H34N4O2/c1-22(2)15-17-12-18(21-23(17)3)16-8-7-11-24(14-16)19(25)13-20(26)9-5-4-6-10-20/h12,16,26H,4-11,13-15H2,1-3H3/t16-/m1/s1. The van der Waals surface area contributed by atoms with E-state index in [0.717, 1.165) is 63.9 Å². The van der Waals surface area contributed by atoms with Crippen molar-refractivity contribution >= 4 is 5.91 Å². The molecule has 1 aliphatic carbocycles. The van der Waals surface area contributed by atoms with E-state index < -0.39 is 5.60 Å². The Kier molecular flexibility index (Phi) is 6.03. The van der Waals surface area contributed by atoms with Gasteiger partial charge in [0.25, 0.3) is 0 Å². The highest BCUT2D eigenvalue weighted by molar-refractivity contribution is 5.77. The van der Waals surface area contributed by atoms with Gasteiger partial charge < -0.3 is 14.9 Å². The number of aryl methyl sites for hydroxylation is 1. The van der Waals surface area contributed by atoms with E-state index in [1.165, 1.54) is 12.1 Å². The van der Waals surface area contributed by atoms with E-state index in [9.17, 15) is 9.90 Å².